The third-order valence-corrected chi connectivity index (χ3v) is 4.28. The number of benzene rings is 2. The maximum atomic E-state index is 5.98. The lowest BCUT2D eigenvalue weighted by atomic mass is 9.70. The standard InChI is InChI=1S/C20H19B/c21-20-14-12-19(13-15-20)18-10-8-17(9-11-18)7-6-16-4-2-1-3-5-16/h1-5,8-11,19-20H,12-15H2. The van der Waals surface area contributed by atoms with Crippen molar-refractivity contribution in [1.82, 2.24) is 0 Å². The summed E-state index contributed by atoms with van der Waals surface area (Å²) in [6.07, 6.45) is 4.74. The van der Waals surface area contributed by atoms with E-state index in [1.165, 1.54) is 18.4 Å². The summed E-state index contributed by atoms with van der Waals surface area (Å²) in [6, 6.07) is 18.9. The minimum atomic E-state index is 0.414. The van der Waals surface area contributed by atoms with Crippen LogP contribution >= 0.6 is 0 Å². The number of hydrogen-bond acceptors (Lipinski definition) is 0. The molecule has 0 heterocycles. The number of hydrogen-bond donors (Lipinski definition) is 0. The highest BCUT2D eigenvalue weighted by atomic mass is 14.2. The zero-order valence-corrected chi connectivity index (χ0v) is 12.3. The van der Waals surface area contributed by atoms with E-state index in [2.05, 4.69) is 36.1 Å². The lowest BCUT2D eigenvalue weighted by Crippen LogP contribution is -2.09. The zero-order valence-electron chi connectivity index (χ0n) is 12.3. The van der Waals surface area contributed by atoms with Gasteiger partial charge in [0, 0.05) is 11.1 Å². The number of rotatable bonds is 1. The molecule has 102 valence electrons. The highest BCUT2D eigenvalue weighted by Crippen LogP contribution is 2.36. The van der Waals surface area contributed by atoms with E-state index in [0.717, 1.165) is 24.0 Å². The van der Waals surface area contributed by atoms with E-state index in [4.69, 9.17) is 7.85 Å². The molecule has 0 N–H and O–H groups in total. The van der Waals surface area contributed by atoms with Gasteiger partial charge in [-0.1, -0.05) is 60.8 Å². The Labute approximate surface area is 129 Å². The summed E-state index contributed by atoms with van der Waals surface area (Å²) in [5.41, 5.74) is 3.57. The van der Waals surface area contributed by atoms with E-state index in [-0.39, 0.29) is 0 Å². The predicted octanol–water partition coefficient (Wildman–Crippen LogP) is 4.70. The summed E-state index contributed by atoms with van der Waals surface area (Å²) in [5.74, 6) is 7.52. The first-order valence-electron chi connectivity index (χ1n) is 7.74. The summed E-state index contributed by atoms with van der Waals surface area (Å²) < 4.78 is 0. The van der Waals surface area contributed by atoms with Gasteiger partial charge in [-0.15, -0.1) is 0 Å². The molecule has 1 saturated carbocycles. The summed E-state index contributed by atoms with van der Waals surface area (Å²) in [6.45, 7) is 0. The van der Waals surface area contributed by atoms with Crippen LogP contribution in [0.1, 0.15) is 48.3 Å². The molecule has 21 heavy (non-hydrogen) atoms. The molecule has 0 unspecified atom stereocenters. The Kier molecular flexibility index (Phi) is 4.46. The molecule has 0 amide bonds. The van der Waals surface area contributed by atoms with Gasteiger partial charge in [0.15, 0.2) is 0 Å². The van der Waals surface area contributed by atoms with E-state index in [1.807, 2.05) is 30.3 Å². The van der Waals surface area contributed by atoms with Gasteiger partial charge in [-0.2, -0.15) is 0 Å². The molecule has 1 aliphatic carbocycles. The minimum absolute atomic E-state index is 0.414. The van der Waals surface area contributed by atoms with E-state index >= 15 is 0 Å². The SMILES string of the molecule is [B]C1CCC(c2ccc(C#Cc3ccccc3)cc2)CC1. The molecule has 0 aromatic heterocycles. The smallest absolute Gasteiger partial charge is 0.0699 e. The molecule has 0 nitrogen and oxygen atoms in total. The summed E-state index contributed by atoms with van der Waals surface area (Å²) in [5, 5.41) is 0. The fraction of sp³-hybridized carbons (Fsp3) is 0.300. The molecular weight excluding hydrogens is 251 g/mol. The fourth-order valence-electron chi connectivity index (χ4n) is 2.96. The van der Waals surface area contributed by atoms with Crippen molar-refractivity contribution in [2.75, 3.05) is 0 Å². The van der Waals surface area contributed by atoms with Crippen LogP contribution in [0.5, 0.6) is 0 Å². The normalized spacial score (nSPS) is 21.3. The van der Waals surface area contributed by atoms with Gasteiger partial charge in [0.25, 0.3) is 0 Å². The lowest BCUT2D eigenvalue weighted by molar-refractivity contribution is 0.444. The Bertz CT molecular complexity index is 623. The van der Waals surface area contributed by atoms with Crippen molar-refractivity contribution in [3.63, 3.8) is 0 Å². The van der Waals surface area contributed by atoms with E-state index in [9.17, 15) is 0 Å². The van der Waals surface area contributed by atoms with Crippen LogP contribution in [0.4, 0.5) is 0 Å². The monoisotopic (exact) mass is 270 g/mol. The third kappa shape index (κ3) is 3.79. The van der Waals surface area contributed by atoms with Crippen LogP contribution in [0.3, 0.4) is 0 Å². The van der Waals surface area contributed by atoms with Crippen molar-refractivity contribution in [2.45, 2.75) is 37.4 Å². The van der Waals surface area contributed by atoms with Crippen molar-refractivity contribution < 1.29 is 0 Å². The molecular formula is C20H19B. The first-order valence-corrected chi connectivity index (χ1v) is 7.74. The van der Waals surface area contributed by atoms with Gasteiger partial charge in [-0.25, -0.2) is 0 Å². The second-order valence-corrected chi connectivity index (χ2v) is 5.85. The van der Waals surface area contributed by atoms with Gasteiger partial charge in [-0.3, -0.25) is 0 Å². The Morgan fingerprint density at radius 3 is 1.90 bits per heavy atom. The molecule has 2 aromatic rings. The maximum absolute atomic E-state index is 5.98. The summed E-state index contributed by atoms with van der Waals surface area (Å²) >= 11 is 0. The van der Waals surface area contributed by atoms with Crippen LogP contribution in [-0.2, 0) is 0 Å². The molecule has 3 rings (SSSR count). The Balaban J connectivity index is 1.69. The van der Waals surface area contributed by atoms with Gasteiger partial charge in [-0.05, 0) is 48.6 Å². The average molecular weight is 270 g/mol. The topological polar surface area (TPSA) is 0 Å². The second-order valence-electron chi connectivity index (χ2n) is 5.85. The van der Waals surface area contributed by atoms with Gasteiger partial charge in [0.05, 0.1) is 7.85 Å². The van der Waals surface area contributed by atoms with Crippen LogP contribution in [0.25, 0.3) is 0 Å². The largest absolute Gasteiger partial charge is 0.0773 e. The van der Waals surface area contributed by atoms with E-state index < -0.39 is 0 Å². The molecule has 1 aliphatic rings. The van der Waals surface area contributed by atoms with Crippen LogP contribution in [0.2, 0.25) is 5.82 Å². The zero-order chi connectivity index (χ0) is 14.5. The van der Waals surface area contributed by atoms with Gasteiger partial charge in [0.2, 0.25) is 0 Å². The first kappa shape index (κ1) is 14.0. The second kappa shape index (κ2) is 6.68. The predicted molar refractivity (Wildman–Crippen MR) is 89.6 cm³/mol. The van der Waals surface area contributed by atoms with Gasteiger partial charge < -0.3 is 0 Å². The summed E-state index contributed by atoms with van der Waals surface area (Å²) in [7, 11) is 5.98. The Morgan fingerprint density at radius 1 is 0.714 bits per heavy atom. The van der Waals surface area contributed by atoms with Crippen LogP contribution in [0.15, 0.2) is 54.6 Å². The van der Waals surface area contributed by atoms with Crippen LogP contribution in [0, 0.1) is 11.8 Å². The Morgan fingerprint density at radius 2 is 1.29 bits per heavy atom. The molecule has 0 saturated heterocycles. The Hall–Kier alpha value is -1.94. The van der Waals surface area contributed by atoms with E-state index in [0.29, 0.717) is 11.7 Å². The van der Waals surface area contributed by atoms with Crippen molar-refractivity contribution >= 4 is 7.85 Å². The minimum Gasteiger partial charge on any atom is -0.0773 e. The molecule has 0 atom stereocenters. The van der Waals surface area contributed by atoms with Crippen molar-refractivity contribution in [3.8, 4) is 11.8 Å². The fourth-order valence-corrected chi connectivity index (χ4v) is 2.96. The lowest BCUT2D eigenvalue weighted by Gasteiger charge is -2.26. The molecule has 0 aliphatic heterocycles. The van der Waals surface area contributed by atoms with Crippen LogP contribution < -0.4 is 0 Å². The van der Waals surface area contributed by atoms with Crippen molar-refractivity contribution in [3.05, 3.63) is 71.3 Å². The molecule has 0 bridgehead atoms. The molecule has 1 fully saturated rings. The first-order chi connectivity index (χ1) is 10.3. The third-order valence-electron chi connectivity index (χ3n) is 4.28. The van der Waals surface area contributed by atoms with E-state index in [1.54, 1.807) is 0 Å². The molecule has 1 heteroatoms. The highest BCUT2D eigenvalue weighted by Gasteiger charge is 2.18. The van der Waals surface area contributed by atoms with Crippen LogP contribution in [-0.4, -0.2) is 7.85 Å². The molecule has 0 spiro atoms. The van der Waals surface area contributed by atoms with Crippen molar-refractivity contribution in [1.29, 1.82) is 0 Å². The average Bonchev–Trinajstić information content (AvgIpc) is 2.55. The van der Waals surface area contributed by atoms with Crippen molar-refractivity contribution in [2.24, 2.45) is 0 Å². The highest BCUT2D eigenvalue weighted by molar-refractivity contribution is 6.11. The molecule has 2 radical (unpaired) electrons. The van der Waals surface area contributed by atoms with Gasteiger partial charge in [0.1, 0.15) is 0 Å². The molecule has 2 aromatic carbocycles. The summed E-state index contributed by atoms with van der Waals surface area (Å²) in [4.78, 5) is 0. The maximum Gasteiger partial charge on any atom is 0.0699 e. The quantitative estimate of drug-likeness (QED) is 0.520. The van der Waals surface area contributed by atoms with Gasteiger partial charge >= 0.3 is 0 Å².